The molecule has 0 aliphatic heterocycles. The van der Waals surface area contributed by atoms with Gasteiger partial charge in [0.05, 0.1) is 7.11 Å². The van der Waals surface area contributed by atoms with Gasteiger partial charge >= 0.3 is 6.61 Å². The topological polar surface area (TPSA) is 69.2 Å². The number of pyridine rings is 1. The van der Waals surface area contributed by atoms with E-state index in [1.807, 2.05) is 26.0 Å². The molecule has 2 aromatic heterocycles. The second-order valence-corrected chi connectivity index (χ2v) is 6.07. The zero-order chi connectivity index (χ0) is 20.1. The Bertz CT molecular complexity index is 952. The van der Waals surface area contributed by atoms with E-state index in [0.717, 1.165) is 22.4 Å². The van der Waals surface area contributed by atoms with Crippen molar-refractivity contribution in [3.8, 4) is 22.9 Å². The third-order valence-electron chi connectivity index (χ3n) is 4.21. The van der Waals surface area contributed by atoms with Crippen molar-refractivity contribution < 1.29 is 18.3 Å². The number of methoxy groups -OCH3 is 1. The zero-order valence-electron chi connectivity index (χ0n) is 15.7. The maximum absolute atomic E-state index is 12.6. The molecule has 0 radical (unpaired) electrons. The number of aryl methyl sites for hydroxylation is 1. The number of benzene rings is 1. The fourth-order valence-electron chi connectivity index (χ4n) is 2.63. The molecule has 28 heavy (non-hydrogen) atoms. The second-order valence-electron chi connectivity index (χ2n) is 6.07. The number of nitrogens with zero attached hydrogens (tertiary/aromatic N) is 3. The van der Waals surface area contributed by atoms with E-state index in [9.17, 15) is 8.78 Å². The monoisotopic (exact) mass is 386 g/mol. The van der Waals surface area contributed by atoms with Gasteiger partial charge in [-0.1, -0.05) is 6.07 Å². The minimum Gasteiger partial charge on any atom is -0.493 e. The van der Waals surface area contributed by atoms with Crippen molar-refractivity contribution in [3.05, 3.63) is 59.5 Å². The molecule has 146 valence electrons. The maximum Gasteiger partial charge on any atom is 0.387 e. The van der Waals surface area contributed by atoms with Gasteiger partial charge in [0.2, 0.25) is 0 Å². The van der Waals surface area contributed by atoms with E-state index < -0.39 is 6.61 Å². The third kappa shape index (κ3) is 4.51. The Morgan fingerprint density at radius 1 is 1.11 bits per heavy atom. The SMILES string of the molecule is COc1ccc(CNc2nc(-c3cccnc3)nc(C)c2C)cc1OC(F)F. The molecule has 0 unspecified atom stereocenters. The summed E-state index contributed by atoms with van der Waals surface area (Å²) < 4.78 is 34.8. The first-order chi connectivity index (χ1) is 13.5. The van der Waals surface area contributed by atoms with Crippen molar-refractivity contribution in [2.45, 2.75) is 27.0 Å². The molecule has 0 atom stereocenters. The largest absolute Gasteiger partial charge is 0.493 e. The van der Waals surface area contributed by atoms with Gasteiger partial charge in [0.25, 0.3) is 0 Å². The Morgan fingerprint density at radius 3 is 2.61 bits per heavy atom. The number of hydrogen-bond donors (Lipinski definition) is 1. The molecular weight excluding hydrogens is 366 g/mol. The van der Waals surface area contributed by atoms with Crippen LogP contribution in [-0.4, -0.2) is 28.7 Å². The fraction of sp³-hybridized carbons (Fsp3) is 0.250. The van der Waals surface area contributed by atoms with Crippen LogP contribution in [0.3, 0.4) is 0 Å². The van der Waals surface area contributed by atoms with Gasteiger partial charge in [0, 0.05) is 35.8 Å². The van der Waals surface area contributed by atoms with Crippen LogP contribution >= 0.6 is 0 Å². The second kappa shape index (κ2) is 8.60. The Balaban J connectivity index is 1.83. The van der Waals surface area contributed by atoms with Crippen molar-refractivity contribution in [2.75, 3.05) is 12.4 Å². The van der Waals surface area contributed by atoms with Crippen LogP contribution in [0.2, 0.25) is 0 Å². The van der Waals surface area contributed by atoms with Crippen molar-refractivity contribution in [1.29, 1.82) is 0 Å². The van der Waals surface area contributed by atoms with E-state index in [2.05, 4.69) is 25.0 Å². The highest BCUT2D eigenvalue weighted by molar-refractivity contribution is 5.58. The first-order valence-corrected chi connectivity index (χ1v) is 8.59. The lowest BCUT2D eigenvalue weighted by Gasteiger charge is -2.14. The molecule has 3 rings (SSSR count). The van der Waals surface area contributed by atoms with Gasteiger partial charge in [0.1, 0.15) is 5.82 Å². The molecule has 3 aromatic rings. The number of rotatable bonds is 7. The van der Waals surface area contributed by atoms with E-state index in [1.54, 1.807) is 24.5 Å². The van der Waals surface area contributed by atoms with Crippen LogP contribution in [0.5, 0.6) is 11.5 Å². The minimum absolute atomic E-state index is 0.0107. The van der Waals surface area contributed by atoms with Crippen LogP contribution in [0, 0.1) is 13.8 Å². The standard InChI is InChI=1S/C20H20F2N4O2/c1-12-13(2)25-19(15-5-4-8-23-11-15)26-18(12)24-10-14-6-7-16(27-3)17(9-14)28-20(21)22/h4-9,11,20H,10H2,1-3H3,(H,24,25,26). The highest BCUT2D eigenvalue weighted by Gasteiger charge is 2.13. The molecular formula is C20H20F2N4O2. The molecule has 8 heteroatoms. The van der Waals surface area contributed by atoms with Crippen LogP contribution in [0.25, 0.3) is 11.4 Å². The number of hydrogen-bond acceptors (Lipinski definition) is 6. The highest BCUT2D eigenvalue weighted by atomic mass is 19.3. The molecule has 0 saturated heterocycles. The molecule has 0 bridgehead atoms. The van der Waals surface area contributed by atoms with E-state index in [-0.39, 0.29) is 11.5 Å². The van der Waals surface area contributed by atoms with E-state index in [4.69, 9.17) is 4.74 Å². The summed E-state index contributed by atoms with van der Waals surface area (Å²) in [6.45, 7) is 1.27. The van der Waals surface area contributed by atoms with Gasteiger partial charge in [0.15, 0.2) is 17.3 Å². The van der Waals surface area contributed by atoms with Crippen LogP contribution in [-0.2, 0) is 6.54 Å². The summed E-state index contributed by atoms with van der Waals surface area (Å²) in [7, 11) is 1.40. The number of halogens is 2. The van der Waals surface area contributed by atoms with Crippen LogP contribution in [0.4, 0.5) is 14.6 Å². The van der Waals surface area contributed by atoms with Crippen molar-refractivity contribution in [2.24, 2.45) is 0 Å². The quantitative estimate of drug-likeness (QED) is 0.650. The van der Waals surface area contributed by atoms with Gasteiger partial charge in [-0.15, -0.1) is 0 Å². The summed E-state index contributed by atoms with van der Waals surface area (Å²) >= 11 is 0. The first kappa shape index (κ1) is 19.5. The van der Waals surface area contributed by atoms with Crippen molar-refractivity contribution in [1.82, 2.24) is 15.0 Å². The molecule has 0 aliphatic rings. The van der Waals surface area contributed by atoms with Gasteiger partial charge in [-0.2, -0.15) is 8.78 Å². The number of aromatic nitrogens is 3. The number of ether oxygens (including phenoxy) is 2. The van der Waals surface area contributed by atoms with E-state index in [1.165, 1.54) is 13.2 Å². The predicted octanol–water partition coefficient (Wildman–Crippen LogP) is 4.38. The van der Waals surface area contributed by atoms with Gasteiger partial charge in [-0.05, 0) is 43.7 Å². The highest BCUT2D eigenvalue weighted by Crippen LogP contribution is 2.30. The van der Waals surface area contributed by atoms with Crippen molar-refractivity contribution in [3.63, 3.8) is 0 Å². The summed E-state index contributed by atoms with van der Waals surface area (Å²) in [6.07, 6.45) is 3.39. The molecule has 0 aliphatic carbocycles. The van der Waals surface area contributed by atoms with Crippen LogP contribution < -0.4 is 14.8 Å². The lowest BCUT2D eigenvalue weighted by atomic mass is 10.2. The van der Waals surface area contributed by atoms with Crippen LogP contribution in [0.15, 0.2) is 42.7 Å². The summed E-state index contributed by atoms with van der Waals surface area (Å²) in [5.41, 5.74) is 3.30. The number of nitrogens with one attached hydrogen (secondary N) is 1. The minimum atomic E-state index is -2.93. The van der Waals surface area contributed by atoms with Gasteiger partial charge in [-0.3, -0.25) is 4.98 Å². The van der Waals surface area contributed by atoms with Gasteiger partial charge < -0.3 is 14.8 Å². The third-order valence-corrected chi connectivity index (χ3v) is 4.21. The number of anilines is 1. The Labute approximate surface area is 161 Å². The number of alkyl halides is 2. The predicted molar refractivity (Wildman–Crippen MR) is 102 cm³/mol. The Morgan fingerprint density at radius 2 is 1.93 bits per heavy atom. The molecule has 0 amide bonds. The molecule has 1 N–H and O–H groups in total. The summed E-state index contributed by atoms with van der Waals surface area (Å²) in [5, 5.41) is 3.24. The van der Waals surface area contributed by atoms with E-state index >= 15 is 0 Å². The lowest BCUT2D eigenvalue weighted by molar-refractivity contribution is -0.0512. The molecule has 1 aromatic carbocycles. The zero-order valence-corrected chi connectivity index (χ0v) is 15.7. The average Bonchev–Trinajstić information content (AvgIpc) is 2.69. The van der Waals surface area contributed by atoms with Gasteiger partial charge in [-0.25, -0.2) is 9.97 Å². The summed E-state index contributed by atoms with van der Waals surface area (Å²) in [5.74, 6) is 1.47. The smallest absolute Gasteiger partial charge is 0.387 e. The molecule has 6 nitrogen and oxygen atoms in total. The molecule has 2 heterocycles. The summed E-state index contributed by atoms with van der Waals surface area (Å²) in [6, 6.07) is 8.59. The average molecular weight is 386 g/mol. The fourth-order valence-corrected chi connectivity index (χ4v) is 2.63. The maximum atomic E-state index is 12.6. The molecule has 0 fully saturated rings. The Kier molecular flexibility index (Phi) is 5.98. The van der Waals surface area contributed by atoms with Crippen LogP contribution in [0.1, 0.15) is 16.8 Å². The Hall–Kier alpha value is -3.29. The normalized spacial score (nSPS) is 10.8. The first-order valence-electron chi connectivity index (χ1n) is 8.59. The van der Waals surface area contributed by atoms with E-state index in [0.29, 0.717) is 18.2 Å². The summed E-state index contributed by atoms with van der Waals surface area (Å²) in [4.78, 5) is 13.2. The molecule has 0 spiro atoms. The van der Waals surface area contributed by atoms with Crippen molar-refractivity contribution >= 4 is 5.82 Å². The molecule has 0 saturated carbocycles. The lowest BCUT2D eigenvalue weighted by Crippen LogP contribution is -2.08.